The number of amides is 1. The fraction of sp³-hybridized carbons (Fsp3) is 0.476. The van der Waals surface area contributed by atoms with Crippen molar-refractivity contribution < 1.29 is 14.3 Å². The number of ether oxygens (including phenoxy) is 2. The molecule has 0 bridgehead atoms. The van der Waals surface area contributed by atoms with Crippen LogP contribution >= 0.6 is 0 Å². The van der Waals surface area contributed by atoms with E-state index < -0.39 is 0 Å². The Bertz CT molecular complexity index is 776. The number of carbonyl (C=O) groups is 1. The predicted octanol–water partition coefficient (Wildman–Crippen LogP) is 3.47. The Morgan fingerprint density at radius 3 is 2.25 bits per heavy atom. The van der Waals surface area contributed by atoms with Crippen molar-refractivity contribution >= 4 is 11.7 Å². The van der Waals surface area contributed by atoms with Gasteiger partial charge in [-0.15, -0.1) is 10.2 Å². The summed E-state index contributed by atoms with van der Waals surface area (Å²) in [6.45, 7) is 9.08. The van der Waals surface area contributed by atoms with Crippen molar-refractivity contribution in [3.8, 4) is 11.5 Å². The maximum atomic E-state index is 12.7. The summed E-state index contributed by atoms with van der Waals surface area (Å²) in [7, 11) is 3.75. The quantitative estimate of drug-likeness (QED) is 0.711. The van der Waals surface area contributed by atoms with Gasteiger partial charge < -0.3 is 19.7 Å². The third-order valence-electron chi connectivity index (χ3n) is 4.22. The van der Waals surface area contributed by atoms with E-state index in [1.54, 1.807) is 12.1 Å². The van der Waals surface area contributed by atoms with Gasteiger partial charge in [0, 0.05) is 14.1 Å². The maximum Gasteiger partial charge on any atom is 0.272 e. The fourth-order valence-corrected chi connectivity index (χ4v) is 2.80. The molecule has 28 heavy (non-hydrogen) atoms. The first-order valence-electron chi connectivity index (χ1n) is 9.58. The number of anilines is 1. The molecular formula is C21H30N4O3. The standard InChI is InChI=1S/C21H30N4O3/c1-7-27-17-11-9-15(13-18(17)28-8-2)20(14(3)4)22-21(26)16-10-12-19(24-23-16)25(5)6/h9-14,20H,7-8H2,1-6H3,(H,22,26). The van der Waals surface area contributed by atoms with E-state index in [4.69, 9.17) is 9.47 Å². The molecule has 1 aromatic carbocycles. The lowest BCUT2D eigenvalue weighted by Gasteiger charge is -2.24. The zero-order valence-corrected chi connectivity index (χ0v) is 17.5. The highest BCUT2D eigenvalue weighted by Crippen LogP contribution is 2.33. The highest BCUT2D eigenvalue weighted by atomic mass is 16.5. The third kappa shape index (κ3) is 5.34. The van der Waals surface area contributed by atoms with E-state index in [1.807, 2.05) is 51.0 Å². The van der Waals surface area contributed by atoms with Gasteiger partial charge in [0.25, 0.3) is 5.91 Å². The summed E-state index contributed by atoms with van der Waals surface area (Å²) in [5.74, 6) is 1.99. The van der Waals surface area contributed by atoms with Crippen LogP contribution in [-0.2, 0) is 0 Å². The molecule has 1 amide bonds. The SMILES string of the molecule is CCOc1ccc(C(NC(=O)c2ccc(N(C)C)nn2)C(C)C)cc1OCC. The number of hydrogen-bond acceptors (Lipinski definition) is 6. The molecule has 0 aliphatic heterocycles. The first-order chi connectivity index (χ1) is 13.4. The summed E-state index contributed by atoms with van der Waals surface area (Å²) >= 11 is 0. The van der Waals surface area contributed by atoms with Gasteiger partial charge in [-0.1, -0.05) is 19.9 Å². The molecule has 0 fully saturated rings. The van der Waals surface area contributed by atoms with Crippen LogP contribution in [0.2, 0.25) is 0 Å². The number of nitrogens with one attached hydrogen (secondary N) is 1. The van der Waals surface area contributed by atoms with E-state index in [2.05, 4.69) is 29.4 Å². The normalized spacial score (nSPS) is 11.8. The number of carbonyl (C=O) groups excluding carboxylic acids is 1. The molecule has 2 aromatic rings. The number of rotatable bonds is 9. The maximum absolute atomic E-state index is 12.7. The third-order valence-corrected chi connectivity index (χ3v) is 4.22. The van der Waals surface area contributed by atoms with Crippen LogP contribution in [0.25, 0.3) is 0 Å². The number of benzene rings is 1. The number of hydrogen-bond donors (Lipinski definition) is 1. The molecule has 0 saturated heterocycles. The Labute approximate surface area is 167 Å². The van der Waals surface area contributed by atoms with Crippen LogP contribution in [0.1, 0.15) is 49.8 Å². The van der Waals surface area contributed by atoms with E-state index in [9.17, 15) is 4.79 Å². The summed E-state index contributed by atoms with van der Waals surface area (Å²) in [4.78, 5) is 14.5. The van der Waals surface area contributed by atoms with E-state index in [0.717, 1.165) is 5.56 Å². The van der Waals surface area contributed by atoms with Gasteiger partial charge >= 0.3 is 0 Å². The second kappa shape index (κ2) is 9.92. The summed E-state index contributed by atoms with van der Waals surface area (Å²) in [5, 5.41) is 11.2. The number of aromatic nitrogens is 2. The van der Waals surface area contributed by atoms with Gasteiger partial charge in [0.15, 0.2) is 23.0 Å². The lowest BCUT2D eigenvalue weighted by atomic mass is 9.95. The van der Waals surface area contributed by atoms with Gasteiger partial charge in [-0.3, -0.25) is 4.79 Å². The molecule has 0 aliphatic rings. The Morgan fingerprint density at radius 1 is 1.04 bits per heavy atom. The largest absolute Gasteiger partial charge is 0.490 e. The smallest absolute Gasteiger partial charge is 0.272 e. The van der Waals surface area contributed by atoms with Gasteiger partial charge in [0.2, 0.25) is 0 Å². The van der Waals surface area contributed by atoms with E-state index >= 15 is 0 Å². The summed E-state index contributed by atoms with van der Waals surface area (Å²) in [6, 6.07) is 9.03. The molecule has 0 aliphatic carbocycles. The van der Waals surface area contributed by atoms with Crippen molar-refractivity contribution in [2.45, 2.75) is 33.7 Å². The van der Waals surface area contributed by atoms with Crippen LogP contribution in [0.3, 0.4) is 0 Å². The zero-order chi connectivity index (χ0) is 20.7. The zero-order valence-electron chi connectivity index (χ0n) is 17.5. The van der Waals surface area contributed by atoms with Crippen molar-refractivity contribution in [3.05, 3.63) is 41.6 Å². The van der Waals surface area contributed by atoms with Crippen molar-refractivity contribution in [1.29, 1.82) is 0 Å². The predicted molar refractivity (Wildman–Crippen MR) is 110 cm³/mol. The number of nitrogens with zero attached hydrogens (tertiary/aromatic N) is 3. The highest BCUT2D eigenvalue weighted by molar-refractivity contribution is 5.92. The monoisotopic (exact) mass is 386 g/mol. The molecule has 2 rings (SSSR count). The molecule has 0 spiro atoms. The van der Waals surface area contributed by atoms with Gasteiger partial charge in [-0.2, -0.15) is 0 Å². The molecule has 1 aromatic heterocycles. The summed E-state index contributed by atoms with van der Waals surface area (Å²) in [6.07, 6.45) is 0. The Hall–Kier alpha value is -2.83. The molecule has 152 valence electrons. The second-order valence-electron chi connectivity index (χ2n) is 6.94. The minimum Gasteiger partial charge on any atom is -0.490 e. The molecular weight excluding hydrogens is 356 g/mol. The average molecular weight is 386 g/mol. The Kier molecular flexibility index (Phi) is 7.61. The van der Waals surface area contributed by atoms with Crippen molar-refractivity contribution in [3.63, 3.8) is 0 Å². The van der Waals surface area contributed by atoms with Gasteiger partial charge in [-0.05, 0) is 49.6 Å². The lowest BCUT2D eigenvalue weighted by Crippen LogP contribution is -2.32. The van der Waals surface area contributed by atoms with Crippen LogP contribution in [0.5, 0.6) is 11.5 Å². The lowest BCUT2D eigenvalue weighted by molar-refractivity contribution is 0.0919. The topological polar surface area (TPSA) is 76.6 Å². The minimum atomic E-state index is -0.261. The van der Waals surface area contributed by atoms with Gasteiger partial charge in [0.1, 0.15) is 0 Å². The fourth-order valence-electron chi connectivity index (χ4n) is 2.80. The summed E-state index contributed by atoms with van der Waals surface area (Å²) < 4.78 is 11.4. The van der Waals surface area contributed by atoms with Gasteiger partial charge in [-0.25, -0.2) is 0 Å². The molecule has 0 radical (unpaired) electrons. The molecule has 7 heteroatoms. The summed E-state index contributed by atoms with van der Waals surface area (Å²) in [5.41, 5.74) is 1.24. The second-order valence-corrected chi connectivity index (χ2v) is 6.94. The van der Waals surface area contributed by atoms with E-state index in [0.29, 0.717) is 30.5 Å². The van der Waals surface area contributed by atoms with Crippen LogP contribution in [0, 0.1) is 5.92 Å². The van der Waals surface area contributed by atoms with Crippen LogP contribution in [0.15, 0.2) is 30.3 Å². The van der Waals surface area contributed by atoms with Crippen LogP contribution in [0.4, 0.5) is 5.82 Å². The molecule has 1 unspecified atom stereocenters. The molecule has 1 N–H and O–H groups in total. The minimum absolute atomic E-state index is 0.172. The first-order valence-corrected chi connectivity index (χ1v) is 9.58. The highest BCUT2D eigenvalue weighted by Gasteiger charge is 2.22. The van der Waals surface area contributed by atoms with Crippen molar-refractivity contribution in [2.75, 3.05) is 32.2 Å². The van der Waals surface area contributed by atoms with E-state index in [-0.39, 0.29) is 23.6 Å². The van der Waals surface area contributed by atoms with E-state index in [1.165, 1.54) is 0 Å². The Balaban J connectivity index is 2.25. The van der Waals surface area contributed by atoms with Gasteiger partial charge in [0.05, 0.1) is 19.3 Å². The van der Waals surface area contributed by atoms with Crippen molar-refractivity contribution in [2.24, 2.45) is 5.92 Å². The molecule has 1 atom stereocenters. The van der Waals surface area contributed by atoms with Crippen molar-refractivity contribution in [1.82, 2.24) is 15.5 Å². The molecule has 0 saturated carbocycles. The van der Waals surface area contributed by atoms with Crippen LogP contribution < -0.4 is 19.7 Å². The van der Waals surface area contributed by atoms with Crippen LogP contribution in [-0.4, -0.2) is 43.4 Å². The Morgan fingerprint density at radius 2 is 1.71 bits per heavy atom. The average Bonchev–Trinajstić information content (AvgIpc) is 2.67. The first kappa shape index (κ1) is 21.5. The molecule has 7 nitrogen and oxygen atoms in total. The molecule has 1 heterocycles.